The van der Waals surface area contributed by atoms with Crippen LogP contribution >= 0.6 is 24.0 Å². The first kappa shape index (κ1) is 24.8. The monoisotopic (exact) mass is 501 g/mol. The zero-order chi connectivity index (χ0) is 19.5. The highest BCUT2D eigenvalue weighted by molar-refractivity contribution is 14.0. The van der Waals surface area contributed by atoms with E-state index in [4.69, 9.17) is 9.47 Å². The predicted molar refractivity (Wildman–Crippen MR) is 128 cm³/mol. The molecule has 0 radical (unpaired) electrons. The van der Waals surface area contributed by atoms with Gasteiger partial charge in [0.25, 0.3) is 0 Å². The predicted octanol–water partition coefficient (Wildman–Crippen LogP) is 4.44. The summed E-state index contributed by atoms with van der Waals surface area (Å²) in [6.07, 6.45) is 5.31. The second-order valence-corrected chi connectivity index (χ2v) is 7.43. The van der Waals surface area contributed by atoms with Crippen LogP contribution in [0.4, 0.5) is 0 Å². The topological polar surface area (TPSA) is 54.9 Å². The molecule has 0 amide bonds. The summed E-state index contributed by atoms with van der Waals surface area (Å²) < 4.78 is 11.4. The number of nitrogens with zero attached hydrogens (tertiary/aromatic N) is 1. The summed E-state index contributed by atoms with van der Waals surface area (Å²) in [5, 5.41) is 6.79. The van der Waals surface area contributed by atoms with Crippen LogP contribution in [0, 0.1) is 12.8 Å². The molecule has 6 heteroatoms. The van der Waals surface area contributed by atoms with Crippen LogP contribution in [0.15, 0.2) is 34.8 Å². The van der Waals surface area contributed by atoms with E-state index in [1.807, 2.05) is 0 Å². The molecule has 1 aromatic carbocycles. The first-order chi connectivity index (χ1) is 13.1. The Kier molecular flexibility index (Phi) is 12.2. The van der Waals surface area contributed by atoms with Gasteiger partial charge in [-0.25, -0.2) is 0 Å². The second kappa shape index (κ2) is 13.8. The van der Waals surface area contributed by atoms with E-state index in [0.717, 1.165) is 62.9 Å². The van der Waals surface area contributed by atoms with Crippen molar-refractivity contribution in [2.75, 3.05) is 33.4 Å². The molecule has 28 heavy (non-hydrogen) atoms. The van der Waals surface area contributed by atoms with Crippen LogP contribution in [-0.2, 0) is 11.3 Å². The summed E-state index contributed by atoms with van der Waals surface area (Å²) in [6, 6.07) is 6.37. The maximum atomic E-state index is 6.04. The standard InChI is InChI=1S/C22H35N3O2.HI/c1-17(2)8-14-27-21-15-18(3)5-6-20(21)16-25-22(23-4)24-11-7-19-9-12-26-13-10-19;/h5-6,9,15,17H,7-8,10-14,16H2,1-4H3,(H2,23,24,25);1H. The van der Waals surface area contributed by atoms with Crippen molar-refractivity contribution in [2.45, 2.75) is 46.6 Å². The van der Waals surface area contributed by atoms with E-state index in [1.165, 1.54) is 11.1 Å². The van der Waals surface area contributed by atoms with Gasteiger partial charge in [-0.15, -0.1) is 24.0 Å². The molecule has 0 unspecified atom stereocenters. The summed E-state index contributed by atoms with van der Waals surface area (Å²) in [4.78, 5) is 4.33. The lowest BCUT2D eigenvalue weighted by Crippen LogP contribution is -2.37. The molecule has 0 bridgehead atoms. The van der Waals surface area contributed by atoms with Crippen LogP contribution in [0.5, 0.6) is 5.75 Å². The van der Waals surface area contributed by atoms with Crippen molar-refractivity contribution in [3.05, 3.63) is 41.0 Å². The van der Waals surface area contributed by atoms with E-state index in [1.54, 1.807) is 7.05 Å². The first-order valence-corrected chi connectivity index (χ1v) is 10.0. The molecular weight excluding hydrogens is 465 g/mol. The number of guanidine groups is 1. The van der Waals surface area contributed by atoms with Crippen LogP contribution < -0.4 is 15.4 Å². The number of halogens is 1. The maximum absolute atomic E-state index is 6.04. The zero-order valence-corrected chi connectivity index (χ0v) is 20.0. The quantitative estimate of drug-likeness (QED) is 0.228. The molecule has 2 rings (SSSR count). The molecule has 0 saturated carbocycles. The Balaban J connectivity index is 0.00000392. The largest absolute Gasteiger partial charge is 0.493 e. The van der Waals surface area contributed by atoms with Gasteiger partial charge >= 0.3 is 0 Å². The van der Waals surface area contributed by atoms with E-state index < -0.39 is 0 Å². The Morgan fingerprint density at radius 3 is 2.79 bits per heavy atom. The molecule has 5 nitrogen and oxygen atoms in total. The lowest BCUT2D eigenvalue weighted by Gasteiger charge is -2.17. The van der Waals surface area contributed by atoms with Gasteiger partial charge in [0.05, 0.1) is 19.8 Å². The molecule has 1 aliphatic heterocycles. The van der Waals surface area contributed by atoms with E-state index in [0.29, 0.717) is 12.5 Å². The second-order valence-electron chi connectivity index (χ2n) is 7.43. The fourth-order valence-corrected chi connectivity index (χ4v) is 2.88. The first-order valence-electron chi connectivity index (χ1n) is 10.0. The Hall–Kier alpha value is -1.28. The molecule has 0 aliphatic carbocycles. The number of nitrogens with one attached hydrogen (secondary N) is 2. The molecule has 0 saturated heterocycles. The Labute approximate surface area is 187 Å². The summed E-state index contributed by atoms with van der Waals surface area (Å²) >= 11 is 0. The number of hydrogen-bond donors (Lipinski definition) is 2. The third-order valence-corrected chi connectivity index (χ3v) is 4.64. The summed E-state index contributed by atoms with van der Waals surface area (Å²) in [6.45, 7) is 10.4. The Bertz CT molecular complexity index is 645. The molecule has 1 heterocycles. The van der Waals surface area contributed by atoms with Crippen LogP contribution in [0.2, 0.25) is 0 Å². The van der Waals surface area contributed by atoms with Crippen molar-refractivity contribution in [2.24, 2.45) is 10.9 Å². The highest BCUT2D eigenvalue weighted by Gasteiger charge is 2.07. The van der Waals surface area contributed by atoms with Gasteiger partial charge in [0.1, 0.15) is 5.75 Å². The fourth-order valence-electron chi connectivity index (χ4n) is 2.88. The number of benzene rings is 1. The van der Waals surface area contributed by atoms with Crippen LogP contribution in [0.3, 0.4) is 0 Å². The van der Waals surface area contributed by atoms with Crippen molar-refractivity contribution in [1.82, 2.24) is 10.6 Å². The summed E-state index contributed by atoms with van der Waals surface area (Å²) in [7, 11) is 1.80. The van der Waals surface area contributed by atoms with Crippen LogP contribution in [0.1, 0.15) is 44.2 Å². The highest BCUT2D eigenvalue weighted by Crippen LogP contribution is 2.21. The lowest BCUT2D eigenvalue weighted by atomic mass is 10.1. The van der Waals surface area contributed by atoms with E-state index in [9.17, 15) is 0 Å². The van der Waals surface area contributed by atoms with E-state index >= 15 is 0 Å². The molecule has 2 N–H and O–H groups in total. The minimum Gasteiger partial charge on any atom is -0.493 e. The van der Waals surface area contributed by atoms with Gasteiger partial charge in [0, 0.05) is 25.7 Å². The van der Waals surface area contributed by atoms with Gasteiger partial charge in [0.15, 0.2) is 5.96 Å². The molecule has 1 aromatic rings. The van der Waals surface area contributed by atoms with E-state index in [-0.39, 0.29) is 24.0 Å². The number of hydrogen-bond acceptors (Lipinski definition) is 3. The molecule has 1 aliphatic rings. The van der Waals surface area contributed by atoms with E-state index in [2.05, 4.69) is 60.7 Å². The SMILES string of the molecule is CN=C(NCCC1=CCOCC1)NCc1ccc(C)cc1OCCC(C)C.I. The molecule has 0 spiro atoms. The fraction of sp³-hybridized carbons (Fsp3) is 0.591. The Morgan fingerprint density at radius 1 is 1.29 bits per heavy atom. The minimum absolute atomic E-state index is 0. The minimum atomic E-state index is 0. The molecule has 0 atom stereocenters. The van der Waals surface area contributed by atoms with Gasteiger partial charge in [0.2, 0.25) is 0 Å². The zero-order valence-electron chi connectivity index (χ0n) is 17.7. The van der Waals surface area contributed by atoms with Gasteiger partial charge in [-0.1, -0.05) is 37.6 Å². The third kappa shape index (κ3) is 9.28. The average molecular weight is 501 g/mol. The van der Waals surface area contributed by atoms with Crippen LogP contribution in [-0.4, -0.2) is 39.4 Å². The van der Waals surface area contributed by atoms with Crippen molar-refractivity contribution in [3.8, 4) is 5.75 Å². The van der Waals surface area contributed by atoms with Crippen molar-refractivity contribution in [1.29, 1.82) is 0 Å². The average Bonchev–Trinajstić information content (AvgIpc) is 2.66. The molecule has 158 valence electrons. The number of aryl methyl sites for hydroxylation is 1. The van der Waals surface area contributed by atoms with Gasteiger partial charge in [-0.3, -0.25) is 4.99 Å². The summed E-state index contributed by atoms with van der Waals surface area (Å²) in [5.41, 5.74) is 3.83. The van der Waals surface area contributed by atoms with Crippen molar-refractivity contribution in [3.63, 3.8) is 0 Å². The maximum Gasteiger partial charge on any atom is 0.191 e. The van der Waals surface area contributed by atoms with Crippen molar-refractivity contribution < 1.29 is 9.47 Å². The summed E-state index contributed by atoms with van der Waals surface area (Å²) in [5.74, 6) is 2.42. The number of aliphatic imine (C=N–C) groups is 1. The normalized spacial score (nSPS) is 14.3. The van der Waals surface area contributed by atoms with Gasteiger partial charge in [-0.2, -0.15) is 0 Å². The third-order valence-electron chi connectivity index (χ3n) is 4.64. The molecule has 0 fully saturated rings. The molecular formula is C22H36IN3O2. The van der Waals surface area contributed by atoms with Gasteiger partial charge < -0.3 is 20.1 Å². The smallest absolute Gasteiger partial charge is 0.191 e. The van der Waals surface area contributed by atoms with Gasteiger partial charge in [-0.05, 0) is 43.7 Å². The highest BCUT2D eigenvalue weighted by atomic mass is 127. The number of ether oxygens (including phenoxy) is 2. The van der Waals surface area contributed by atoms with Crippen molar-refractivity contribution >= 4 is 29.9 Å². The lowest BCUT2D eigenvalue weighted by molar-refractivity contribution is 0.153. The molecule has 0 aromatic heterocycles. The number of rotatable bonds is 9. The van der Waals surface area contributed by atoms with Crippen LogP contribution in [0.25, 0.3) is 0 Å². The Morgan fingerprint density at radius 2 is 2.11 bits per heavy atom.